The molecule has 0 aliphatic rings. The van der Waals surface area contributed by atoms with Gasteiger partial charge in [-0.15, -0.1) is 0 Å². The molecular weight excluding hydrogens is 256 g/mol. The van der Waals surface area contributed by atoms with Gasteiger partial charge in [-0.25, -0.2) is 0 Å². The molecule has 0 aliphatic carbocycles. The molecule has 0 N–H and O–H groups in total. The minimum absolute atomic E-state index is 0.392. The summed E-state index contributed by atoms with van der Waals surface area (Å²) in [4.78, 5) is 0. The zero-order chi connectivity index (χ0) is 16.0. The lowest BCUT2D eigenvalue weighted by molar-refractivity contribution is 0.159. The molecule has 0 fully saturated rings. The Kier molecular flexibility index (Phi) is 6.93. The van der Waals surface area contributed by atoms with E-state index in [9.17, 15) is 0 Å². The molecule has 0 spiro atoms. The third-order valence-corrected chi connectivity index (χ3v) is 4.08. The summed E-state index contributed by atoms with van der Waals surface area (Å²) in [6, 6.07) is 6.87. The molecule has 21 heavy (non-hydrogen) atoms. The Morgan fingerprint density at radius 2 is 1.76 bits per heavy atom. The van der Waals surface area contributed by atoms with Crippen molar-refractivity contribution < 1.29 is 4.74 Å². The lowest BCUT2D eigenvalue weighted by Gasteiger charge is -2.23. The summed E-state index contributed by atoms with van der Waals surface area (Å²) in [5, 5.41) is 0. The molecule has 0 saturated carbocycles. The molecule has 0 radical (unpaired) electrons. The van der Waals surface area contributed by atoms with E-state index in [1.807, 2.05) is 0 Å². The van der Waals surface area contributed by atoms with Gasteiger partial charge in [0.15, 0.2) is 0 Å². The summed E-state index contributed by atoms with van der Waals surface area (Å²) in [6.07, 6.45) is 3.54. The first-order valence-corrected chi connectivity index (χ1v) is 8.34. The molecule has 1 aromatic rings. The van der Waals surface area contributed by atoms with Crippen molar-refractivity contribution in [2.45, 2.75) is 66.7 Å². The van der Waals surface area contributed by atoms with E-state index in [1.54, 1.807) is 18.2 Å². The van der Waals surface area contributed by atoms with E-state index in [0.29, 0.717) is 17.3 Å². The second-order valence-corrected chi connectivity index (χ2v) is 7.96. The molecule has 0 amide bonds. The smallest absolute Gasteiger partial charge is 0.0491 e. The van der Waals surface area contributed by atoms with Crippen LogP contribution in [0.4, 0.5) is 0 Å². The number of benzene rings is 1. The van der Waals surface area contributed by atoms with Crippen LogP contribution < -0.4 is 0 Å². The van der Waals surface area contributed by atoms with Crippen molar-refractivity contribution in [3.63, 3.8) is 0 Å². The number of hydrogen-bond donors (Lipinski definition) is 0. The SMILES string of the molecule is COC[C@H](C)Cc1c(CCC(C)(C)C)cccc1C(C)C. The molecule has 0 aliphatic heterocycles. The molecule has 0 bridgehead atoms. The molecule has 0 unspecified atom stereocenters. The van der Waals surface area contributed by atoms with Crippen molar-refractivity contribution in [2.75, 3.05) is 13.7 Å². The van der Waals surface area contributed by atoms with Gasteiger partial charge in [-0.1, -0.05) is 59.7 Å². The molecule has 1 atom stereocenters. The third kappa shape index (κ3) is 6.22. The molecule has 1 rings (SSSR count). The lowest BCUT2D eigenvalue weighted by Crippen LogP contribution is -2.13. The van der Waals surface area contributed by atoms with Crippen LogP contribution in [-0.4, -0.2) is 13.7 Å². The van der Waals surface area contributed by atoms with E-state index < -0.39 is 0 Å². The fourth-order valence-electron chi connectivity index (χ4n) is 2.88. The van der Waals surface area contributed by atoms with Crippen molar-refractivity contribution in [3.05, 3.63) is 34.9 Å². The molecule has 0 heterocycles. The van der Waals surface area contributed by atoms with Gasteiger partial charge < -0.3 is 4.74 Å². The number of rotatable bonds is 7. The average Bonchev–Trinajstić information content (AvgIpc) is 2.36. The summed E-state index contributed by atoms with van der Waals surface area (Å²) in [7, 11) is 1.80. The standard InChI is InChI=1S/C20H34O/c1-15(2)18-10-8-9-17(11-12-20(4,5)6)19(18)13-16(3)14-21-7/h8-10,15-16H,11-14H2,1-7H3/t16-/m1/s1. The van der Waals surface area contributed by atoms with Crippen LogP contribution in [0.25, 0.3) is 0 Å². The quantitative estimate of drug-likeness (QED) is 0.634. The van der Waals surface area contributed by atoms with Crippen molar-refractivity contribution in [3.8, 4) is 0 Å². The van der Waals surface area contributed by atoms with Crippen LogP contribution in [0.1, 0.15) is 70.6 Å². The molecule has 1 nitrogen and oxygen atoms in total. The number of aryl methyl sites for hydroxylation is 1. The van der Waals surface area contributed by atoms with Crippen LogP contribution in [0.15, 0.2) is 18.2 Å². The zero-order valence-electron chi connectivity index (χ0n) is 15.1. The number of ether oxygens (including phenoxy) is 1. The molecule has 120 valence electrons. The number of hydrogen-bond acceptors (Lipinski definition) is 1. The second-order valence-electron chi connectivity index (χ2n) is 7.96. The summed E-state index contributed by atoms with van der Waals surface area (Å²) < 4.78 is 5.33. The highest BCUT2D eigenvalue weighted by Crippen LogP contribution is 2.29. The minimum Gasteiger partial charge on any atom is -0.384 e. The van der Waals surface area contributed by atoms with Crippen LogP contribution in [0.3, 0.4) is 0 Å². The summed E-state index contributed by atoms with van der Waals surface area (Å²) >= 11 is 0. The summed E-state index contributed by atoms with van der Waals surface area (Å²) in [5.74, 6) is 1.16. The highest BCUT2D eigenvalue weighted by Gasteiger charge is 2.16. The predicted molar refractivity (Wildman–Crippen MR) is 93.1 cm³/mol. The fourth-order valence-corrected chi connectivity index (χ4v) is 2.88. The van der Waals surface area contributed by atoms with Crippen LogP contribution >= 0.6 is 0 Å². The van der Waals surface area contributed by atoms with Crippen molar-refractivity contribution in [2.24, 2.45) is 11.3 Å². The zero-order valence-corrected chi connectivity index (χ0v) is 15.1. The van der Waals surface area contributed by atoms with Gasteiger partial charge in [-0.05, 0) is 53.2 Å². The van der Waals surface area contributed by atoms with E-state index in [2.05, 4.69) is 59.7 Å². The number of methoxy groups -OCH3 is 1. The van der Waals surface area contributed by atoms with Crippen LogP contribution in [0, 0.1) is 11.3 Å². The maximum atomic E-state index is 5.33. The van der Waals surface area contributed by atoms with Crippen molar-refractivity contribution >= 4 is 0 Å². The third-order valence-electron chi connectivity index (χ3n) is 4.08. The molecule has 0 aromatic heterocycles. The van der Waals surface area contributed by atoms with Crippen molar-refractivity contribution in [1.82, 2.24) is 0 Å². The second kappa shape index (κ2) is 7.98. The predicted octanol–water partition coefficient (Wildman–Crippen LogP) is 5.61. The van der Waals surface area contributed by atoms with Crippen molar-refractivity contribution in [1.29, 1.82) is 0 Å². The van der Waals surface area contributed by atoms with E-state index in [-0.39, 0.29) is 0 Å². The van der Waals surface area contributed by atoms with Gasteiger partial charge in [0, 0.05) is 13.7 Å². The van der Waals surface area contributed by atoms with Crippen LogP contribution in [0.5, 0.6) is 0 Å². The first-order valence-electron chi connectivity index (χ1n) is 8.34. The maximum absolute atomic E-state index is 5.33. The topological polar surface area (TPSA) is 9.23 Å². The van der Waals surface area contributed by atoms with Gasteiger partial charge in [0.25, 0.3) is 0 Å². The van der Waals surface area contributed by atoms with E-state index in [0.717, 1.165) is 13.0 Å². The Balaban J connectivity index is 3.02. The average molecular weight is 290 g/mol. The first kappa shape index (κ1) is 18.2. The Morgan fingerprint density at radius 1 is 1.10 bits per heavy atom. The monoisotopic (exact) mass is 290 g/mol. The Labute approximate surface area is 132 Å². The lowest BCUT2D eigenvalue weighted by atomic mass is 9.83. The molecular formula is C20H34O. The summed E-state index contributed by atoms with van der Waals surface area (Å²) in [6.45, 7) is 14.7. The van der Waals surface area contributed by atoms with E-state index in [1.165, 1.54) is 18.4 Å². The normalized spacial score (nSPS) is 13.7. The van der Waals surface area contributed by atoms with Gasteiger partial charge >= 0.3 is 0 Å². The largest absolute Gasteiger partial charge is 0.384 e. The Morgan fingerprint density at radius 3 is 2.29 bits per heavy atom. The van der Waals surface area contributed by atoms with E-state index in [4.69, 9.17) is 4.74 Å². The molecule has 1 aromatic carbocycles. The van der Waals surface area contributed by atoms with Gasteiger partial charge in [-0.3, -0.25) is 0 Å². The van der Waals surface area contributed by atoms with Gasteiger partial charge in [0.1, 0.15) is 0 Å². The molecule has 1 heteroatoms. The summed E-state index contributed by atoms with van der Waals surface area (Å²) in [5.41, 5.74) is 5.02. The highest BCUT2D eigenvalue weighted by molar-refractivity contribution is 5.38. The fraction of sp³-hybridized carbons (Fsp3) is 0.700. The first-order chi connectivity index (χ1) is 9.74. The van der Waals surface area contributed by atoms with E-state index >= 15 is 0 Å². The minimum atomic E-state index is 0.392. The van der Waals surface area contributed by atoms with Crippen LogP contribution in [-0.2, 0) is 17.6 Å². The Hall–Kier alpha value is -0.820. The van der Waals surface area contributed by atoms with Gasteiger partial charge in [0.05, 0.1) is 0 Å². The maximum Gasteiger partial charge on any atom is 0.0491 e. The Bertz CT molecular complexity index is 426. The highest BCUT2D eigenvalue weighted by atomic mass is 16.5. The van der Waals surface area contributed by atoms with Crippen LogP contribution in [0.2, 0.25) is 0 Å². The van der Waals surface area contributed by atoms with Gasteiger partial charge in [-0.2, -0.15) is 0 Å². The molecule has 0 saturated heterocycles. The van der Waals surface area contributed by atoms with Gasteiger partial charge in [0.2, 0.25) is 0 Å².